The Morgan fingerprint density at radius 3 is 1.76 bits per heavy atom. The van der Waals surface area contributed by atoms with Gasteiger partial charge < -0.3 is 4.79 Å². The largest absolute Gasteiger partial charge is 2.00 e. The molecule has 21 heavy (non-hydrogen) atoms. The summed E-state index contributed by atoms with van der Waals surface area (Å²) in [7, 11) is 0. The van der Waals surface area contributed by atoms with Crippen LogP contribution in [0.2, 0.25) is 0 Å². The molecule has 2 rings (SSSR count). The Labute approximate surface area is 140 Å². The summed E-state index contributed by atoms with van der Waals surface area (Å²) in [4.78, 5) is 11.2. The Morgan fingerprint density at radius 1 is 0.952 bits per heavy atom. The first-order chi connectivity index (χ1) is 9.29. The van der Waals surface area contributed by atoms with Crippen molar-refractivity contribution in [3.05, 3.63) is 59.7 Å². The van der Waals surface area contributed by atoms with Crippen LogP contribution in [0, 0.1) is 11.3 Å². The van der Waals surface area contributed by atoms with Crippen LogP contribution in [0.1, 0.15) is 50.5 Å². The number of hydrogen-bond donors (Lipinski definition) is 0. The minimum atomic E-state index is 0. The number of carbonyl (C=O) groups is 1. The summed E-state index contributed by atoms with van der Waals surface area (Å²) in [6.45, 7) is 10.6. The maximum absolute atomic E-state index is 11.2. The van der Waals surface area contributed by atoms with E-state index in [-0.39, 0.29) is 28.8 Å². The Bertz CT molecular complexity index is 484. The zero-order valence-electron chi connectivity index (χ0n) is 13.7. The van der Waals surface area contributed by atoms with Gasteiger partial charge in [-0.15, -0.1) is 0 Å². The Kier molecular flexibility index (Phi) is 8.54. The molecule has 0 aromatic heterocycles. The third kappa shape index (κ3) is 8.04. The third-order valence-corrected chi connectivity index (χ3v) is 2.94. The summed E-state index contributed by atoms with van der Waals surface area (Å²) in [6.07, 6.45) is 1.18. The summed E-state index contributed by atoms with van der Waals surface area (Å²) in [5, 5.41) is 0. The van der Waals surface area contributed by atoms with Gasteiger partial charge in [0.05, 0.1) is 0 Å². The molecule has 0 atom stereocenters. The van der Waals surface area contributed by atoms with Crippen molar-refractivity contribution in [2.24, 2.45) is 11.3 Å². The number of Topliss-reactive ketones (excluding diaryl/α,β-unsaturated/α-hetero) is 1. The maximum atomic E-state index is 11.2. The van der Waals surface area contributed by atoms with Gasteiger partial charge in [0.2, 0.25) is 0 Å². The van der Waals surface area contributed by atoms with Gasteiger partial charge in [0, 0.05) is 5.92 Å². The van der Waals surface area contributed by atoms with E-state index in [2.05, 4.69) is 45.0 Å². The van der Waals surface area contributed by atoms with Gasteiger partial charge >= 0.3 is 17.1 Å². The first-order valence-electron chi connectivity index (χ1n) is 7.26. The molecule has 0 aliphatic carbocycles. The molecule has 2 aromatic rings. The van der Waals surface area contributed by atoms with Gasteiger partial charge in [-0.3, -0.25) is 0 Å². The SMILES string of the molecule is CC(C)(C)C[c-]1cccc1.CC(C)C(=O)[c-]1cccc1.[Fe+2]. The number of ketones is 1. The Morgan fingerprint density at radius 2 is 1.38 bits per heavy atom. The fourth-order valence-electron chi connectivity index (χ4n) is 2.02. The zero-order valence-corrected chi connectivity index (χ0v) is 14.8. The van der Waals surface area contributed by atoms with Gasteiger partial charge in [0.15, 0.2) is 0 Å². The number of carbonyl (C=O) groups excluding carboxylic acids is 1. The summed E-state index contributed by atoms with van der Waals surface area (Å²) < 4.78 is 0. The maximum Gasteiger partial charge on any atom is 2.00 e. The zero-order chi connectivity index (χ0) is 15.2. The normalized spacial score (nSPS) is 10.6. The molecule has 0 aliphatic rings. The van der Waals surface area contributed by atoms with Gasteiger partial charge in [-0.1, -0.05) is 46.6 Å². The third-order valence-electron chi connectivity index (χ3n) is 2.94. The monoisotopic (exact) mass is 326 g/mol. The quantitative estimate of drug-likeness (QED) is 0.428. The fourth-order valence-corrected chi connectivity index (χ4v) is 2.02. The van der Waals surface area contributed by atoms with E-state index in [0.717, 1.165) is 5.56 Å². The molecule has 0 saturated heterocycles. The molecule has 2 aromatic carbocycles. The van der Waals surface area contributed by atoms with E-state index in [1.807, 2.05) is 38.1 Å². The molecule has 0 heterocycles. The van der Waals surface area contributed by atoms with Crippen molar-refractivity contribution in [1.29, 1.82) is 0 Å². The molecule has 0 N–H and O–H groups in total. The molecule has 0 spiro atoms. The molecular weight excluding hydrogens is 300 g/mol. The molecule has 0 saturated carbocycles. The Balaban J connectivity index is 0.000000364. The van der Waals surface area contributed by atoms with E-state index in [1.54, 1.807) is 0 Å². The molecule has 0 fully saturated rings. The van der Waals surface area contributed by atoms with E-state index in [4.69, 9.17) is 0 Å². The van der Waals surface area contributed by atoms with Crippen LogP contribution < -0.4 is 0 Å². The van der Waals surface area contributed by atoms with E-state index >= 15 is 0 Å². The van der Waals surface area contributed by atoms with Crippen molar-refractivity contribution in [2.75, 3.05) is 0 Å². The van der Waals surface area contributed by atoms with Crippen LogP contribution in [-0.4, -0.2) is 5.78 Å². The first kappa shape index (κ1) is 19.9. The fraction of sp³-hybridized carbons (Fsp3) is 0.421. The number of rotatable bonds is 3. The predicted octanol–water partition coefficient (Wildman–Crippen LogP) is 5.24. The van der Waals surface area contributed by atoms with Crippen LogP contribution in [-0.2, 0) is 23.5 Å². The van der Waals surface area contributed by atoms with Crippen LogP contribution in [0.3, 0.4) is 0 Å². The predicted molar refractivity (Wildman–Crippen MR) is 86.4 cm³/mol. The van der Waals surface area contributed by atoms with Crippen molar-refractivity contribution in [3.8, 4) is 0 Å². The van der Waals surface area contributed by atoms with Gasteiger partial charge in [0.1, 0.15) is 5.78 Å². The summed E-state index contributed by atoms with van der Waals surface area (Å²) >= 11 is 0. The van der Waals surface area contributed by atoms with Gasteiger partial charge in [0.25, 0.3) is 0 Å². The van der Waals surface area contributed by atoms with Crippen LogP contribution in [0.4, 0.5) is 0 Å². The van der Waals surface area contributed by atoms with Crippen LogP contribution in [0.15, 0.2) is 48.5 Å². The molecule has 0 radical (unpaired) electrons. The minimum Gasteiger partial charge on any atom is -0.308 e. The van der Waals surface area contributed by atoms with Crippen molar-refractivity contribution >= 4 is 5.78 Å². The van der Waals surface area contributed by atoms with Crippen molar-refractivity contribution in [3.63, 3.8) is 0 Å². The average Bonchev–Trinajstić information content (AvgIpc) is 2.98. The standard InChI is InChI=1S/C10H15.C9H11O.Fe/c1-10(2,3)8-9-6-4-5-7-9;1-7(2)9(10)8-5-3-4-6-8;/h4-7H,8H2,1-3H3;3-7H,1-2H3;/q2*-1;+2. The van der Waals surface area contributed by atoms with E-state index in [9.17, 15) is 4.79 Å². The van der Waals surface area contributed by atoms with Crippen molar-refractivity contribution < 1.29 is 21.9 Å². The molecule has 116 valence electrons. The minimum absolute atomic E-state index is 0. The smallest absolute Gasteiger partial charge is 0.308 e. The van der Waals surface area contributed by atoms with Gasteiger partial charge in [-0.2, -0.15) is 29.8 Å². The second-order valence-corrected chi connectivity index (χ2v) is 6.72. The van der Waals surface area contributed by atoms with E-state index in [0.29, 0.717) is 5.41 Å². The summed E-state index contributed by atoms with van der Waals surface area (Å²) in [5.74, 6) is 0.340. The molecule has 0 aliphatic heterocycles. The van der Waals surface area contributed by atoms with Crippen LogP contribution >= 0.6 is 0 Å². The topological polar surface area (TPSA) is 17.1 Å². The summed E-state index contributed by atoms with van der Waals surface area (Å²) in [5.41, 5.74) is 2.71. The van der Waals surface area contributed by atoms with Gasteiger partial charge in [-0.25, -0.2) is 24.3 Å². The second kappa shape index (κ2) is 9.02. The van der Waals surface area contributed by atoms with E-state index < -0.39 is 0 Å². The molecule has 0 unspecified atom stereocenters. The molecule has 0 amide bonds. The molecular formula is C19H26FeO. The molecule has 1 nitrogen and oxygen atoms in total. The molecule has 2 heteroatoms. The summed E-state index contributed by atoms with van der Waals surface area (Å²) in [6, 6.07) is 16.0. The van der Waals surface area contributed by atoms with Crippen molar-refractivity contribution in [1.82, 2.24) is 0 Å². The Hall–Kier alpha value is -1.11. The number of hydrogen-bond acceptors (Lipinski definition) is 1. The second-order valence-electron chi connectivity index (χ2n) is 6.72. The van der Waals surface area contributed by atoms with Crippen molar-refractivity contribution in [2.45, 2.75) is 41.0 Å². The first-order valence-corrected chi connectivity index (χ1v) is 7.26. The van der Waals surface area contributed by atoms with Crippen LogP contribution in [0.25, 0.3) is 0 Å². The average molecular weight is 326 g/mol. The van der Waals surface area contributed by atoms with Gasteiger partial charge in [-0.05, 0) is 5.41 Å². The van der Waals surface area contributed by atoms with Crippen LogP contribution in [0.5, 0.6) is 0 Å². The molecule has 0 bridgehead atoms. The van der Waals surface area contributed by atoms with E-state index in [1.165, 1.54) is 12.0 Å².